The van der Waals surface area contributed by atoms with Crippen LogP contribution in [0.3, 0.4) is 0 Å². The van der Waals surface area contributed by atoms with Crippen molar-refractivity contribution in [2.75, 3.05) is 5.32 Å². The maximum absolute atomic E-state index is 12.2. The van der Waals surface area contributed by atoms with Crippen LogP contribution in [0.2, 0.25) is 0 Å². The van der Waals surface area contributed by atoms with Gasteiger partial charge in [-0.05, 0) is 29.8 Å². The first-order valence-electron chi connectivity index (χ1n) is 7.43. The highest BCUT2D eigenvalue weighted by Gasteiger charge is 2.21. The van der Waals surface area contributed by atoms with Crippen LogP contribution in [0.1, 0.15) is 15.9 Å². The molecular formula is C19H13F3N2O. The highest BCUT2D eigenvalue weighted by Crippen LogP contribution is 2.19. The summed E-state index contributed by atoms with van der Waals surface area (Å²) in [7, 11) is 0. The number of carbonyl (C=O) groups is 1. The van der Waals surface area contributed by atoms with Crippen LogP contribution in [-0.2, 0) is 0 Å². The minimum Gasteiger partial charge on any atom is -0.321 e. The Labute approximate surface area is 141 Å². The van der Waals surface area contributed by atoms with Gasteiger partial charge in [-0.25, -0.2) is 0 Å². The number of hydrogen-bond acceptors (Lipinski definition) is 2. The van der Waals surface area contributed by atoms with Crippen molar-refractivity contribution in [3.63, 3.8) is 0 Å². The fourth-order valence-corrected chi connectivity index (χ4v) is 2.28. The fourth-order valence-electron chi connectivity index (χ4n) is 2.28. The van der Waals surface area contributed by atoms with E-state index >= 15 is 0 Å². The molecule has 6 heteroatoms. The summed E-state index contributed by atoms with van der Waals surface area (Å²) in [5.74, 6) is -0.358. The van der Waals surface area contributed by atoms with Crippen molar-refractivity contribution in [1.82, 2.24) is 4.98 Å². The van der Waals surface area contributed by atoms with Crippen LogP contribution < -0.4 is 5.32 Å². The van der Waals surface area contributed by atoms with Gasteiger partial charge in [0.15, 0.2) is 0 Å². The molecule has 2 aromatic carbocycles. The first-order chi connectivity index (χ1) is 11.9. The second-order valence-corrected chi connectivity index (χ2v) is 5.37. The van der Waals surface area contributed by atoms with Crippen LogP contribution >= 0.6 is 0 Å². The maximum Gasteiger partial charge on any atom is 0.409 e. The molecule has 0 saturated heterocycles. The summed E-state index contributed by atoms with van der Waals surface area (Å²) in [6.07, 6.45) is -1.70. The van der Waals surface area contributed by atoms with Gasteiger partial charge in [0.1, 0.15) is 0 Å². The number of benzene rings is 2. The van der Waals surface area contributed by atoms with E-state index < -0.39 is 6.18 Å². The van der Waals surface area contributed by atoms with Crippen molar-refractivity contribution in [3.8, 4) is 0 Å². The van der Waals surface area contributed by atoms with Crippen LogP contribution in [0.15, 0.2) is 66.9 Å². The van der Waals surface area contributed by atoms with Crippen LogP contribution in [0.4, 0.5) is 18.9 Å². The highest BCUT2D eigenvalue weighted by molar-refractivity contribution is 6.05. The van der Waals surface area contributed by atoms with Crippen LogP contribution in [0.5, 0.6) is 0 Å². The minimum atomic E-state index is -4.36. The van der Waals surface area contributed by atoms with Crippen LogP contribution in [0, 0.1) is 0 Å². The Morgan fingerprint density at radius 1 is 1.04 bits per heavy atom. The highest BCUT2D eigenvalue weighted by atomic mass is 19.4. The average Bonchev–Trinajstić information content (AvgIpc) is 2.59. The van der Waals surface area contributed by atoms with E-state index in [0.29, 0.717) is 16.8 Å². The minimum absolute atomic E-state index is 0.156. The number of fused-ring (bicyclic) bond motifs is 1. The molecule has 0 aliphatic carbocycles. The molecule has 1 heterocycles. The van der Waals surface area contributed by atoms with Crippen molar-refractivity contribution in [1.29, 1.82) is 0 Å². The lowest BCUT2D eigenvalue weighted by molar-refractivity contribution is -0.0790. The molecule has 0 spiro atoms. The van der Waals surface area contributed by atoms with E-state index in [1.807, 2.05) is 24.3 Å². The summed E-state index contributed by atoms with van der Waals surface area (Å²) in [4.78, 5) is 16.5. The molecule has 25 heavy (non-hydrogen) atoms. The van der Waals surface area contributed by atoms with E-state index in [2.05, 4.69) is 10.3 Å². The van der Waals surface area contributed by atoms with Gasteiger partial charge in [0.05, 0.1) is 17.4 Å². The van der Waals surface area contributed by atoms with E-state index in [1.54, 1.807) is 12.3 Å². The number of alkyl halides is 3. The number of nitrogens with zero attached hydrogens (tertiary/aromatic N) is 1. The Kier molecular flexibility index (Phi) is 4.52. The predicted molar refractivity (Wildman–Crippen MR) is 91.2 cm³/mol. The van der Waals surface area contributed by atoms with Gasteiger partial charge in [0.2, 0.25) is 0 Å². The topological polar surface area (TPSA) is 42.0 Å². The van der Waals surface area contributed by atoms with Gasteiger partial charge >= 0.3 is 6.18 Å². The van der Waals surface area contributed by atoms with Crippen molar-refractivity contribution >= 4 is 28.6 Å². The Bertz CT molecular complexity index is 931. The third kappa shape index (κ3) is 4.44. The summed E-state index contributed by atoms with van der Waals surface area (Å²) in [5.41, 5.74) is 2.07. The number of nitrogens with one attached hydrogen (secondary N) is 1. The average molecular weight is 342 g/mol. The zero-order valence-electron chi connectivity index (χ0n) is 12.9. The standard InChI is InChI=1S/C19H13F3N2O/c20-19(21,22)10-9-13-5-7-14(8-6-13)18(25)24-16-11-15-3-1-2-4-17(15)23-12-16/h1-12H,(H,24,25)/b10-9+. The Hall–Kier alpha value is -3.15. The molecule has 0 aliphatic rings. The first-order valence-corrected chi connectivity index (χ1v) is 7.43. The number of anilines is 1. The number of carbonyl (C=O) groups excluding carboxylic acids is 1. The molecule has 0 radical (unpaired) electrons. The zero-order chi connectivity index (χ0) is 17.9. The number of amides is 1. The van der Waals surface area contributed by atoms with Crippen molar-refractivity contribution in [2.24, 2.45) is 0 Å². The third-order valence-corrected chi connectivity index (χ3v) is 3.49. The molecule has 126 valence electrons. The molecule has 3 aromatic rings. The Balaban J connectivity index is 1.73. The summed E-state index contributed by atoms with van der Waals surface area (Å²) >= 11 is 0. The number of aromatic nitrogens is 1. The van der Waals surface area contributed by atoms with Crippen LogP contribution in [0.25, 0.3) is 17.0 Å². The molecule has 3 nitrogen and oxygen atoms in total. The first kappa shape index (κ1) is 16.7. The van der Waals surface area contributed by atoms with Gasteiger partial charge in [-0.15, -0.1) is 0 Å². The predicted octanol–water partition coefficient (Wildman–Crippen LogP) is 5.06. The van der Waals surface area contributed by atoms with Gasteiger partial charge in [0, 0.05) is 17.0 Å². The third-order valence-electron chi connectivity index (χ3n) is 3.49. The smallest absolute Gasteiger partial charge is 0.321 e. The lowest BCUT2D eigenvalue weighted by Gasteiger charge is -2.06. The molecule has 0 saturated carbocycles. The molecule has 0 fully saturated rings. The lowest BCUT2D eigenvalue weighted by Crippen LogP contribution is -2.11. The largest absolute Gasteiger partial charge is 0.409 e. The molecule has 0 bridgehead atoms. The molecule has 0 aliphatic heterocycles. The second-order valence-electron chi connectivity index (χ2n) is 5.37. The number of rotatable bonds is 3. The fraction of sp³-hybridized carbons (Fsp3) is 0.0526. The lowest BCUT2D eigenvalue weighted by atomic mass is 10.1. The Morgan fingerprint density at radius 2 is 1.76 bits per heavy atom. The van der Waals surface area contributed by atoms with E-state index in [0.717, 1.165) is 17.0 Å². The number of hydrogen-bond donors (Lipinski definition) is 1. The molecule has 1 N–H and O–H groups in total. The maximum atomic E-state index is 12.2. The second kappa shape index (κ2) is 6.76. The number of allylic oxidation sites excluding steroid dienone is 1. The normalized spacial score (nSPS) is 11.8. The molecular weight excluding hydrogens is 329 g/mol. The zero-order valence-corrected chi connectivity index (χ0v) is 12.9. The number of para-hydroxylation sites is 1. The summed E-state index contributed by atoms with van der Waals surface area (Å²) < 4.78 is 36.4. The Morgan fingerprint density at radius 3 is 2.48 bits per heavy atom. The van der Waals surface area contributed by atoms with Crippen LogP contribution in [-0.4, -0.2) is 17.1 Å². The molecule has 3 rings (SSSR count). The van der Waals surface area contributed by atoms with E-state index in [4.69, 9.17) is 0 Å². The van der Waals surface area contributed by atoms with Gasteiger partial charge in [-0.1, -0.05) is 36.4 Å². The molecule has 0 atom stereocenters. The number of halogens is 3. The summed E-state index contributed by atoms with van der Waals surface area (Å²) in [6.45, 7) is 0. The van der Waals surface area contributed by atoms with Gasteiger partial charge in [0.25, 0.3) is 5.91 Å². The molecule has 1 aromatic heterocycles. The SMILES string of the molecule is O=C(Nc1cnc2ccccc2c1)c1ccc(/C=C/C(F)(F)F)cc1. The van der Waals surface area contributed by atoms with Crippen molar-refractivity contribution in [3.05, 3.63) is 78.0 Å². The van der Waals surface area contributed by atoms with Crippen molar-refractivity contribution in [2.45, 2.75) is 6.18 Å². The molecule has 1 amide bonds. The van der Waals surface area contributed by atoms with E-state index in [9.17, 15) is 18.0 Å². The van der Waals surface area contributed by atoms with Gasteiger partial charge in [-0.2, -0.15) is 13.2 Å². The summed E-state index contributed by atoms with van der Waals surface area (Å²) in [6, 6.07) is 15.2. The van der Waals surface area contributed by atoms with Gasteiger partial charge in [-0.3, -0.25) is 9.78 Å². The van der Waals surface area contributed by atoms with E-state index in [1.165, 1.54) is 24.3 Å². The van der Waals surface area contributed by atoms with E-state index in [-0.39, 0.29) is 12.0 Å². The summed E-state index contributed by atoms with van der Waals surface area (Å²) in [5, 5.41) is 3.62. The monoisotopic (exact) mass is 342 g/mol. The number of pyridine rings is 1. The van der Waals surface area contributed by atoms with Crippen molar-refractivity contribution < 1.29 is 18.0 Å². The quantitative estimate of drug-likeness (QED) is 0.723. The van der Waals surface area contributed by atoms with Gasteiger partial charge < -0.3 is 5.32 Å². The molecule has 0 unspecified atom stereocenters.